The molecule has 1 saturated carbocycles. The average molecular weight is 319 g/mol. The van der Waals surface area contributed by atoms with Crippen molar-refractivity contribution in [1.29, 1.82) is 0 Å². The van der Waals surface area contributed by atoms with Crippen LogP contribution in [0, 0.1) is 6.57 Å². The van der Waals surface area contributed by atoms with Gasteiger partial charge in [0.15, 0.2) is 5.69 Å². The van der Waals surface area contributed by atoms with E-state index in [1.54, 1.807) is 18.2 Å². The van der Waals surface area contributed by atoms with Crippen LogP contribution in [-0.2, 0) is 6.54 Å². The summed E-state index contributed by atoms with van der Waals surface area (Å²) in [6.07, 6.45) is 2.14. The van der Waals surface area contributed by atoms with Gasteiger partial charge in [0.2, 0.25) is 0 Å². The molecule has 0 atom stereocenters. The number of nitrogens with one attached hydrogen (secondary N) is 1. The molecule has 2 aromatic rings. The van der Waals surface area contributed by atoms with Crippen molar-refractivity contribution < 1.29 is 4.79 Å². The first-order chi connectivity index (χ1) is 10.2. The third kappa shape index (κ3) is 2.89. The fourth-order valence-electron chi connectivity index (χ4n) is 2.05. The number of amides is 1. The first-order valence-corrected chi connectivity index (χ1v) is 7.61. The molecule has 1 aliphatic rings. The molecule has 0 aliphatic heterocycles. The molecular formula is C14H11ClN4OS. The summed E-state index contributed by atoms with van der Waals surface area (Å²) >= 11 is 7.20. The number of carbonyl (C=O) groups excluding carboxylic acids is 1. The number of aromatic nitrogens is 2. The number of carbonyl (C=O) groups is 1. The molecule has 1 N–H and O–H groups in total. The van der Waals surface area contributed by atoms with Gasteiger partial charge in [-0.2, -0.15) is 0 Å². The Kier molecular flexibility index (Phi) is 3.86. The zero-order valence-electron chi connectivity index (χ0n) is 11.0. The summed E-state index contributed by atoms with van der Waals surface area (Å²) in [5, 5.41) is 7.32. The van der Waals surface area contributed by atoms with Crippen molar-refractivity contribution in [2.24, 2.45) is 0 Å². The number of benzene rings is 1. The summed E-state index contributed by atoms with van der Waals surface area (Å²) in [7, 11) is 0. The Morgan fingerprint density at radius 2 is 2.33 bits per heavy atom. The Bertz CT molecular complexity index is 733. The highest BCUT2D eigenvalue weighted by Gasteiger charge is 2.31. The third-order valence-electron chi connectivity index (χ3n) is 3.32. The lowest BCUT2D eigenvalue weighted by Crippen LogP contribution is -2.23. The van der Waals surface area contributed by atoms with Gasteiger partial charge in [-0.25, -0.2) is 4.85 Å². The quantitative estimate of drug-likeness (QED) is 0.877. The molecule has 0 unspecified atom stereocenters. The maximum absolute atomic E-state index is 12.2. The first-order valence-electron chi connectivity index (χ1n) is 6.46. The van der Waals surface area contributed by atoms with E-state index in [-0.39, 0.29) is 12.5 Å². The van der Waals surface area contributed by atoms with Crippen LogP contribution < -0.4 is 5.32 Å². The second-order valence-corrected chi connectivity index (χ2v) is 5.95. The zero-order valence-corrected chi connectivity index (χ0v) is 12.5. The van der Waals surface area contributed by atoms with Gasteiger partial charge in [-0.1, -0.05) is 28.2 Å². The summed E-state index contributed by atoms with van der Waals surface area (Å²) in [5.41, 5.74) is 1.88. The predicted molar refractivity (Wildman–Crippen MR) is 80.8 cm³/mol. The standard InChI is InChI=1S/C14H11ClN4OS/c1-16-11-4-2-3-10(15)9(11)7-17-14(20)13-12(8-5-6-8)18-19-21-13/h2-4,8H,5-7H2,(H,17,20). The lowest BCUT2D eigenvalue weighted by Gasteiger charge is -2.08. The van der Waals surface area contributed by atoms with Crippen LogP contribution in [0.25, 0.3) is 4.85 Å². The van der Waals surface area contributed by atoms with E-state index in [0.717, 1.165) is 30.1 Å². The third-order valence-corrected chi connectivity index (χ3v) is 4.42. The van der Waals surface area contributed by atoms with Gasteiger partial charge >= 0.3 is 0 Å². The molecule has 21 heavy (non-hydrogen) atoms. The number of halogens is 1. The molecule has 5 nitrogen and oxygen atoms in total. The minimum atomic E-state index is -0.206. The number of rotatable bonds is 4. The van der Waals surface area contributed by atoms with Crippen molar-refractivity contribution in [2.75, 3.05) is 0 Å². The SMILES string of the molecule is [C-]#[N+]c1cccc(Cl)c1CNC(=O)c1snnc1C1CC1. The molecule has 7 heteroatoms. The van der Waals surface area contributed by atoms with Gasteiger partial charge in [-0.05, 0) is 36.0 Å². The fraction of sp³-hybridized carbons (Fsp3) is 0.286. The largest absolute Gasteiger partial charge is 0.348 e. The number of hydrogen-bond donors (Lipinski definition) is 1. The van der Waals surface area contributed by atoms with Crippen LogP contribution in [0.1, 0.15) is 39.7 Å². The molecule has 0 bridgehead atoms. The summed E-state index contributed by atoms with van der Waals surface area (Å²) in [5.74, 6) is 0.173. The molecule has 106 valence electrons. The fourth-order valence-corrected chi connectivity index (χ4v) is 2.96. The molecule has 1 aliphatic carbocycles. The lowest BCUT2D eigenvalue weighted by molar-refractivity contribution is 0.0954. The van der Waals surface area contributed by atoms with Gasteiger partial charge < -0.3 is 5.32 Å². The topological polar surface area (TPSA) is 59.2 Å². The zero-order chi connectivity index (χ0) is 14.8. The van der Waals surface area contributed by atoms with Crippen LogP contribution >= 0.6 is 23.1 Å². The highest BCUT2D eigenvalue weighted by molar-refractivity contribution is 7.08. The molecule has 0 spiro atoms. The van der Waals surface area contributed by atoms with E-state index in [1.807, 2.05) is 0 Å². The van der Waals surface area contributed by atoms with Gasteiger partial charge in [0, 0.05) is 17.5 Å². The molecule has 1 fully saturated rings. The summed E-state index contributed by atoms with van der Waals surface area (Å²) in [6, 6.07) is 5.12. The average Bonchev–Trinajstić information content (AvgIpc) is 3.22. The molecule has 0 radical (unpaired) electrons. The van der Waals surface area contributed by atoms with Crippen LogP contribution in [-0.4, -0.2) is 15.5 Å². The Hall–Kier alpha value is -1.97. The van der Waals surface area contributed by atoms with Crippen LogP contribution in [0.3, 0.4) is 0 Å². The maximum Gasteiger partial charge on any atom is 0.265 e. The van der Waals surface area contributed by atoms with Gasteiger partial charge in [-0.3, -0.25) is 4.79 Å². The van der Waals surface area contributed by atoms with E-state index < -0.39 is 0 Å². The highest BCUT2D eigenvalue weighted by atomic mass is 35.5. The van der Waals surface area contributed by atoms with E-state index in [9.17, 15) is 4.79 Å². The second-order valence-electron chi connectivity index (χ2n) is 4.79. The summed E-state index contributed by atoms with van der Waals surface area (Å²) < 4.78 is 3.87. The van der Waals surface area contributed by atoms with Crippen molar-refractivity contribution in [3.63, 3.8) is 0 Å². The van der Waals surface area contributed by atoms with Crippen molar-refractivity contribution in [3.8, 4) is 0 Å². The number of nitrogens with zero attached hydrogens (tertiary/aromatic N) is 3. The van der Waals surface area contributed by atoms with E-state index in [0.29, 0.717) is 27.1 Å². The molecule has 1 amide bonds. The molecule has 3 rings (SSSR count). The molecule has 1 aromatic carbocycles. The lowest BCUT2D eigenvalue weighted by atomic mass is 10.1. The molecule has 0 saturated heterocycles. The van der Waals surface area contributed by atoms with Gasteiger partial charge in [0.05, 0.1) is 12.3 Å². The van der Waals surface area contributed by atoms with Gasteiger partial charge in [0.25, 0.3) is 5.91 Å². The van der Waals surface area contributed by atoms with Crippen LogP contribution in [0.2, 0.25) is 5.02 Å². The van der Waals surface area contributed by atoms with Crippen LogP contribution in [0.5, 0.6) is 0 Å². The molecule has 1 heterocycles. The molecule has 1 aromatic heterocycles. The minimum Gasteiger partial charge on any atom is -0.348 e. The predicted octanol–water partition coefficient (Wildman–Crippen LogP) is 3.55. The van der Waals surface area contributed by atoms with Crippen molar-refractivity contribution in [3.05, 3.63) is 50.8 Å². The van der Waals surface area contributed by atoms with Crippen molar-refractivity contribution in [2.45, 2.75) is 25.3 Å². The Balaban J connectivity index is 1.75. The Labute approximate surface area is 130 Å². The second kappa shape index (κ2) is 5.80. The Morgan fingerprint density at radius 3 is 3.05 bits per heavy atom. The van der Waals surface area contributed by atoms with Crippen LogP contribution in [0.15, 0.2) is 18.2 Å². The van der Waals surface area contributed by atoms with E-state index >= 15 is 0 Å². The van der Waals surface area contributed by atoms with E-state index in [1.165, 1.54) is 0 Å². The normalized spacial score (nSPS) is 13.7. The monoisotopic (exact) mass is 318 g/mol. The van der Waals surface area contributed by atoms with Crippen molar-refractivity contribution in [1.82, 2.24) is 14.9 Å². The van der Waals surface area contributed by atoms with Crippen LogP contribution in [0.4, 0.5) is 5.69 Å². The summed E-state index contributed by atoms with van der Waals surface area (Å²) in [6.45, 7) is 7.36. The molecular weight excluding hydrogens is 308 g/mol. The Morgan fingerprint density at radius 1 is 1.52 bits per heavy atom. The minimum absolute atomic E-state index is 0.206. The number of hydrogen-bond acceptors (Lipinski definition) is 4. The van der Waals surface area contributed by atoms with Gasteiger partial charge in [-0.15, -0.1) is 5.10 Å². The van der Waals surface area contributed by atoms with E-state index in [2.05, 4.69) is 19.7 Å². The maximum atomic E-state index is 12.2. The van der Waals surface area contributed by atoms with Gasteiger partial charge in [0.1, 0.15) is 4.88 Å². The van der Waals surface area contributed by atoms with E-state index in [4.69, 9.17) is 18.2 Å². The smallest absolute Gasteiger partial charge is 0.265 e. The summed E-state index contributed by atoms with van der Waals surface area (Å²) in [4.78, 5) is 16.2. The first kappa shape index (κ1) is 14.0. The van der Waals surface area contributed by atoms with Crippen molar-refractivity contribution >= 4 is 34.7 Å². The highest BCUT2D eigenvalue weighted by Crippen LogP contribution is 2.41.